The van der Waals surface area contributed by atoms with E-state index in [-0.39, 0.29) is 11.9 Å². The summed E-state index contributed by atoms with van der Waals surface area (Å²) in [6.07, 6.45) is 4.59. The molecule has 0 fully saturated rings. The van der Waals surface area contributed by atoms with Crippen molar-refractivity contribution in [1.82, 2.24) is 9.88 Å². The number of aromatic nitrogens is 1. The fraction of sp³-hybridized carbons (Fsp3) is 0.286. The summed E-state index contributed by atoms with van der Waals surface area (Å²) in [5.41, 5.74) is 3.38. The highest BCUT2D eigenvalue weighted by Crippen LogP contribution is 2.33. The first kappa shape index (κ1) is 16.3. The van der Waals surface area contributed by atoms with Crippen molar-refractivity contribution in [1.29, 1.82) is 0 Å². The third-order valence-electron chi connectivity index (χ3n) is 4.56. The number of benzene rings is 2. The molecule has 1 N–H and O–H groups in total. The molecule has 0 bridgehead atoms. The van der Waals surface area contributed by atoms with Crippen molar-refractivity contribution in [2.45, 2.75) is 32.2 Å². The van der Waals surface area contributed by atoms with E-state index in [1.165, 1.54) is 5.39 Å². The molecule has 1 amide bonds. The number of hydrogen-bond donors (Lipinski definition) is 1. The Morgan fingerprint density at radius 3 is 2.54 bits per heavy atom. The molecule has 24 heavy (non-hydrogen) atoms. The van der Waals surface area contributed by atoms with Crippen LogP contribution in [0.1, 0.15) is 43.4 Å². The Bertz CT molecular complexity index is 807. The van der Waals surface area contributed by atoms with Gasteiger partial charge in [-0.15, -0.1) is 0 Å². The lowest BCUT2D eigenvalue weighted by Gasteiger charge is -2.29. The predicted octanol–water partition coefficient (Wildman–Crippen LogP) is 4.91. The molecule has 3 rings (SSSR count). The minimum absolute atomic E-state index is 0.0771. The minimum atomic E-state index is -0.0771. The van der Waals surface area contributed by atoms with Gasteiger partial charge in [0.05, 0.1) is 6.04 Å². The maximum Gasteiger partial charge on any atom is 0.223 e. The van der Waals surface area contributed by atoms with Crippen LogP contribution in [-0.2, 0) is 4.79 Å². The molecule has 0 saturated carbocycles. The third-order valence-corrected chi connectivity index (χ3v) is 4.56. The Labute approximate surface area is 143 Å². The summed E-state index contributed by atoms with van der Waals surface area (Å²) in [5, 5.41) is 1.17. The number of amides is 1. The van der Waals surface area contributed by atoms with E-state index in [0.717, 1.165) is 29.5 Å². The molecule has 3 aromatic rings. The standard InChI is InChI=1S/C21H24N2O/c1-3-4-14-20(24)23(2)21(16-10-6-5-7-11-16)18-15-22-19-13-9-8-12-17(18)19/h5-13,15,21-22H,3-4,14H2,1-2H3/t21-/m0/s1. The average molecular weight is 320 g/mol. The quantitative estimate of drug-likeness (QED) is 0.688. The van der Waals surface area contributed by atoms with Gasteiger partial charge in [-0.25, -0.2) is 0 Å². The molecule has 0 aliphatic rings. The third kappa shape index (κ3) is 3.21. The summed E-state index contributed by atoms with van der Waals surface area (Å²) >= 11 is 0. The van der Waals surface area contributed by atoms with Gasteiger partial charge in [0.2, 0.25) is 5.91 Å². The average Bonchev–Trinajstić information content (AvgIpc) is 3.05. The zero-order chi connectivity index (χ0) is 16.9. The maximum atomic E-state index is 12.7. The zero-order valence-corrected chi connectivity index (χ0v) is 14.3. The van der Waals surface area contributed by atoms with Gasteiger partial charge in [-0.1, -0.05) is 61.9 Å². The largest absolute Gasteiger partial charge is 0.361 e. The van der Waals surface area contributed by atoms with Crippen LogP contribution in [0.4, 0.5) is 0 Å². The SMILES string of the molecule is CCCCC(=O)N(C)[C@@H](c1ccccc1)c1c[nH]c2ccccc12. The van der Waals surface area contributed by atoms with E-state index >= 15 is 0 Å². The van der Waals surface area contributed by atoms with E-state index in [0.29, 0.717) is 6.42 Å². The normalized spacial score (nSPS) is 12.2. The monoisotopic (exact) mass is 320 g/mol. The molecule has 1 heterocycles. The Hall–Kier alpha value is -2.55. The van der Waals surface area contributed by atoms with E-state index in [4.69, 9.17) is 0 Å². The molecule has 124 valence electrons. The first-order chi connectivity index (χ1) is 11.7. The van der Waals surface area contributed by atoms with Gasteiger partial charge in [-0.05, 0) is 18.1 Å². The maximum absolute atomic E-state index is 12.7. The van der Waals surface area contributed by atoms with Gasteiger partial charge >= 0.3 is 0 Å². The molecule has 0 aliphatic carbocycles. The summed E-state index contributed by atoms with van der Waals surface area (Å²) in [6, 6.07) is 18.4. The summed E-state index contributed by atoms with van der Waals surface area (Å²) in [7, 11) is 1.91. The number of rotatable bonds is 6. The number of H-pyrrole nitrogens is 1. The number of nitrogens with zero attached hydrogens (tertiary/aromatic N) is 1. The van der Waals surface area contributed by atoms with Crippen molar-refractivity contribution in [3.05, 3.63) is 71.9 Å². The van der Waals surface area contributed by atoms with Crippen molar-refractivity contribution in [2.75, 3.05) is 7.05 Å². The highest BCUT2D eigenvalue weighted by molar-refractivity contribution is 5.85. The number of nitrogens with one attached hydrogen (secondary N) is 1. The van der Waals surface area contributed by atoms with Crippen LogP contribution in [0.3, 0.4) is 0 Å². The molecule has 3 heteroatoms. The fourth-order valence-corrected chi connectivity index (χ4v) is 3.22. The van der Waals surface area contributed by atoms with Gasteiger partial charge < -0.3 is 9.88 Å². The lowest BCUT2D eigenvalue weighted by molar-refractivity contribution is -0.131. The molecule has 0 radical (unpaired) electrons. The Morgan fingerprint density at radius 2 is 1.79 bits per heavy atom. The molecule has 1 aromatic heterocycles. The number of fused-ring (bicyclic) bond motifs is 1. The number of aromatic amines is 1. The zero-order valence-electron chi connectivity index (χ0n) is 14.3. The van der Waals surface area contributed by atoms with Crippen molar-refractivity contribution in [2.24, 2.45) is 0 Å². The topological polar surface area (TPSA) is 36.1 Å². The van der Waals surface area contributed by atoms with E-state index in [1.54, 1.807) is 0 Å². The van der Waals surface area contributed by atoms with Crippen LogP contribution in [0.2, 0.25) is 0 Å². The highest BCUT2D eigenvalue weighted by Gasteiger charge is 2.25. The lowest BCUT2D eigenvalue weighted by Crippen LogP contribution is -2.31. The smallest absolute Gasteiger partial charge is 0.223 e. The number of carbonyl (C=O) groups excluding carboxylic acids is 1. The summed E-state index contributed by atoms with van der Waals surface area (Å²) in [5.74, 6) is 0.191. The van der Waals surface area contributed by atoms with Crippen LogP contribution in [-0.4, -0.2) is 22.8 Å². The number of para-hydroxylation sites is 1. The Morgan fingerprint density at radius 1 is 1.08 bits per heavy atom. The van der Waals surface area contributed by atoms with Crippen molar-refractivity contribution in [3.63, 3.8) is 0 Å². The lowest BCUT2D eigenvalue weighted by atomic mass is 9.96. The molecule has 0 spiro atoms. The van der Waals surface area contributed by atoms with Crippen LogP contribution >= 0.6 is 0 Å². The van der Waals surface area contributed by atoms with Crippen molar-refractivity contribution >= 4 is 16.8 Å². The van der Waals surface area contributed by atoms with Crippen LogP contribution in [0.25, 0.3) is 10.9 Å². The van der Waals surface area contributed by atoms with Crippen LogP contribution in [0.15, 0.2) is 60.8 Å². The van der Waals surface area contributed by atoms with Crippen LogP contribution < -0.4 is 0 Å². The molecule has 0 saturated heterocycles. The summed E-state index contributed by atoms with van der Waals surface area (Å²) < 4.78 is 0. The van der Waals surface area contributed by atoms with Gasteiger partial charge in [-0.3, -0.25) is 4.79 Å². The molecule has 0 aliphatic heterocycles. The van der Waals surface area contributed by atoms with E-state index < -0.39 is 0 Å². The molecular formula is C21H24N2O. The predicted molar refractivity (Wildman–Crippen MR) is 98.9 cm³/mol. The van der Waals surface area contributed by atoms with E-state index in [2.05, 4.69) is 36.2 Å². The van der Waals surface area contributed by atoms with E-state index in [1.807, 2.05) is 48.5 Å². The Kier molecular flexibility index (Phi) is 4.99. The second kappa shape index (κ2) is 7.35. The molecule has 2 aromatic carbocycles. The van der Waals surface area contributed by atoms with Crippen molar-refractivity contribution < 1.29 is 4.79 Å². The number of hydrogen-bond acceptors (Lipinski definition) is 1. The minimum Gasteiger partial charge on any atom is -0.361 e. The second-order valence-corrected chi connectivity index (χ2v) is 6.21. The molecule has 0 unspecified atom stereocenters. The van der Waals surface area contributed by atoms with Crippen LogP contribution in [0.5, 0.6) is 0 Å². The first-order valence-electron chi connectivity index (χ1n) is 8.59. The summed E-state index contributed by atoms with van der Waals surface area (Å²) in [4.78, 5) is 17.9. The van der Waals surface area contributed by atoms with Gasteiger partial charge in [0, 0.05) is 36.1 Å². The fourth-order valence-electron chi connectivity index (χ4n) is 3.22. The molecular weight excluding hydrogens is 296 g/mol. The Balaban J connectivity index is 2.04. The molecule has 1 atom stereocenters. The van der Waals surface area contributed by atoms with Gasteiger partial charge in [0.25, 0.3) is 0 Å². The van der Waals surface area contributed by atoms with Gasteiger partial charge in [0.15, 0.2) is 0 Å². The van der Waals surface area contributed by atoms with Crippen LogP contribution in [0, 0.1) is 0 Å². The highest BCUT2D eigenvalue weighted by atomic mass is 16.2. The second-order valence-electron chi connectivity index (χ2n) is 6.21. The number of unbranched alkanes of at least 4 members (excludes halogenated alkanes) is 1. The van der Waals surface area contributed by atoms with E-state index in [9.17, 15) is 4.79 Å². The van der Waals surface area contributed by atoms with Crippen molar-refractivity contribution in [3.8, 4) is 0 Å². The van der Waals surface area contributed by atoms with Gasteiger partial charge in [0.1, 0.15) is 0 Å². The number of carbonyl (C=O) groups is 1. The summed E-state index contributed by atoms with van der Waals surface area (Å²) in [6.45, 7) is 2.11. The molecule has 3 nitrogen and oxygen atoms in total. The van der Waals surface area contributed by atoms with Gasteiger partial charge in [-0.2, -0.15) is 0 Å². The first-order valence-corrected chi connectivity index (χ1v) is 8.59.